The molecule has 0 saturated heterocycles. The molecule has 4 rings (SSSR count). The second-order valence-electron chi connectivity index (χ2n) is 9.35. The Kier molecular flexibility index (Phi) is 9.48. The lowest BCUT2D eigenvalue weighted by Gasteiger charge is -2.29. The highest BCUT2D eigenvalue weighted by atomic mass is 35.5. The summed E-state index contributed by atoms with van der Waals surface area (Å²) in [5.74, 6) is 0.880. The summed E-state index contributed by atoms with van der Waals surface area (Å²) >= 11 is 6.30. The van der Waals surface area contributed by atoms with Gasteiger partial charge in [-0.05, 0) is 47.7 Å². The molecule has 38 heavy (non-hydrogen) atoms. The van der Waals surface area contributed by atoms with E-state index in [2.05, 4.69) is 29.2 Å². The van der Waals surface area contributed by atoms with Gasteiger partial charge in [0.05, 0.1) is 17.2 Å². The van der Waals surface area contributed by atoms with Gasteiger partial charge in [0.1, 0.15) is 5.75 Å². The lowest BCUT2D eigenvalue weighted by molar-refractivity contribution is -0.137. The third kappa shape index (κ3) is 7.40. The van der Waals surface area contributed by atoms with Crippen molar-refractivity contribution in [3.8, 4) is 5.75 Å². The van der Waals surface area contributed by atoms with Crippen molar-refractivity contribution in [1.82, 2.24) is 4.90 Å². The number of halogens is 4. The van der Waals surface area contributed by atoms with Gasteiger partial charge in [0, 0.05) is 25.6 Å². The number of hydrogen-bond donors (Lipinski definition) is 0. The van der Waals surface area contributed by atoms with Crippen LogP contribution in [0.2, 0.25) is 5.02 Å². The van der Waals surface area contributed by atoms with Gasteiger partial charge in [-0.3, -0.25) is 4.90 Å². The molecule has 0 amide bonds. The molecule has 0 heterocycles. The molecule has 4 aromatic carbocycles. The van der Waals surface area contributed by atoms with Gasteiger partial charge in [-0.2, -0.15) is 13.2 Å². The van der Waals surface area contributed by atoms with Crippen LogP contribution in [0, 0.1) is 6.92 Å². The van der Waals surface area contributed by atoms with Crippen LogP contribution in [-0.4, -0.2) is 24.6 Å². The van der Waals surface area contributed by atoms with Gasteiger partial charge in [0.2, 0.25) is 0 Å². The molecule has 0 aliphatic heterocycles. The maximum absolute atomic E-state index is 13.5. The molecule has 0 N–H and O–H groups in total. The Hall–Kier alpha value is -3.28. The lowest BCUT2D eigenvalue weighted by atomic mass is 9.90. The van der Waals surface area contributed by atoms with Crippen LogP contribution in [0.25, 0.3) is 0 Å². The fourth-order valence-electron chi connectivity index (χ4n) is 4.62. The summed E-state index contributed by atoms with van der Waals surface area (Å²) < 4.78 is 46.6. The second-order valence-corrected chi connectivity index (χ2v) is 9.73. The molecular formula is C32H31ClF3NO. The van der Waals surface area contributed by atoms with Crippen LogP contribution >= 0.6 is 11.6 Å². The summed E-state index contributed by atoms with van der Waals surface area (Å²) in [6.07, 6.45) is -3.79. The van der Waals surface area contributed by atoms with Crippen molar-refractivity contribution >= 4 is 11.6 Å². The molecule has 0 bridgehead atoms. The van der Waals surface area contributed by atoms with Gasteiger partial charge < -0.3 is 4.74 Å². The summed E-state index contributed by atoms with van der Waals surface area (Å²) in [6, 6.07) is 32.3. The summed E-state index contributed by atoms with van der Waals surface area (Å²) in [4.78, 5) is 2.17. The summed E-state index contributed by atoms with van der Waals surface area (Å²) in [6.45, 7) is 4.05. The number of benzene rings is 4. The Morgan fingerprint density at radius 3 is 2.00 bits per heavy atom. The molecule has 0 unspecified atom stereocenters. The molecule has 0 saturated carbocycles. The van der Waals surface area contributed by atoms with Crippen molar-refractivity contribution in [2.24, 2.45) is 0 Å². The molecular weight excluding hydrogens is 507 g/mol. The van der Waals surface area contributed by atoms with Crippen LogP contribution in [0.4, 0.5) is 13.2 Å². The second kappa shape index (κ2) is 13.0. The minimum absolute atomic E-state index is 0.0410. The van der Waals surface area contributed by atoms with Crippen molar-refractivity contribution in [3.05, 3.63) is 136 Å². The summed E-state index contributed by atoms with van der Waals surface area (Å²) in [5, 5.41) is -0.239. The van der Waals surface area contributed by atoms with Crippen LogP contribution < -0.4 is 4.74 Å². The standard InChI is InChI=1S/C32H31ClF3NO/c1-24-12-8-9-19-30(24)38-21-11-20-37(22-27-17-10-18-29(31(27)33)32(34,35)36)23-28(25-13-4-2-5-14-25)26-15-6-3-7-16-26/h2-10,12-19,28H,11,20-23H2,1H3. The van der Waals surface area contributed by atoms with Gasteiger partial charge in [-0.15, -0.1) is 0 Å². The third-order valence-electron chi connectivity index (χ3n) is 6.59. The molecule has 0 radical (unpaired) electrons. The molecule has 4 aromatic rings. The zero-order valence-corrected chi connectivity index (χ0v) is 22.1. The fourth-order valence-corrected chi connectivity index (χ4v) is 4.91. The first kappa shape index (κ1) is 27.7. The molecule has 0 aliphatic carbocycles. The maximum atomic E-state index is 13.5. The van der Waals surface area contributed by atoms with E-state index in [1.165, 1.54) is 6.07 Å². The Balaban J connectivity index is 1.58. The molecule has 0 fully saturated rings. The zero-order valence-electron chi connectivity index (χ0n) is 21.3. The zero-order chi connectivity index (χ0) is 27.0. The van der Waals surface area contributed by atoms with Crippen LogP contribution in [0.1, 0.15) is 40.2 Å². The Morgan fingerprint density at radius 1 is 0.789 bits per heavy atom. The third-order valence-corrected chi connectivity index (χ3v) is 7.04. The van der Waals surface area contributed by atoms with E-state index in [-0.39, 0.29) is 10.9 Å². The Morgan fingerprint density at radius 2 is 1.39 bits per heavy atom. The quantitative estimate of drug-likeness (QED) is 0.177. The van der Waals surface area contributed by atoms with E-state index in [0.717, 1.165) is 28.5 Å². The van der Waals surface area contributed by atoms with E-state index in [1.807, 2.05) is 67.6 Å². The first-order valence-electron chi connectivity index (χ1n) is 12.7. The van der Waals surface area contributed by atoms with Crippen molar-refractivity contribution < 1.29 is 17.9 Å². The van der Waals surface area contributed by atoms with Gasteiger partial charge in [0.15, 0.2) is 0 Å². The number of aryl methyl sites for hydroxylation is 1. The normalized spacial score (nSPS) is 11.8. The topological polar surface area (TPSA) is 12.5 Å². The fraction of sp³-hybridized carbons (Fsp3) is 0.250. The Labute approximate surface area is 227 Å². The van der Waals surface area contributed by atoms with Crippen LogP contribution in [0.5, 0.6) is 5.75 Å². The van der Waals surface area contributed by atoms with E-state index >= 15 is 0 Å². The van der Waals surface area contributed by atoms with Crippen molar-refractivity contribution in [1.29, 1.82) is 0 Å². The number of nitrogens with zero attached hydrogens (tertiary/aromatic N) is 1. The van der Waals surface area contributed by atoms with Crippen LogP contribution in [0.3, 0.4) is 0 Å². The number of para-hydroxylation sites is 1. The molecule has 198 valence electrons. The predicted molar refractivity (Wildman–Crippen MR) is 148 cm³/mol. The minimum atomic E-state index is -4.50. The summed E-state index contributed by atoms with van der Waals surface area (Å²) in [7, 11) is 0. The highest BCUT2D eigenvalue weighted by molar-refractivity contribution is 6.32. The maximum Gasteiger partial charge on any atom is 0.417 e. The lowest BCUT2D eigenvalue weighted by Crippen LogP contribution is -2.31. The van der Waals surface area contributed by atoms with Crippen molar-refractivity contribution in [2.45, 2.75) is 32.0 Å². The number of alkyl halides is 3. The largest absolute Gasteiger partial charge is 0.493 e. The monoisotopic (exact) mass is 537 g/mol. The first-order valence-corrected chi connectivity index (χ1v) is 13.1. The molecule has 2 nitrogen and oxygen atoms in total. The van der Waals surface area contributed by atoms with E-state index in [4.69, 9.17) is 16.3 Å². The average Bonchev–Trinajstić information content (AvgIpc) is 2.91. The molecule has 0 aromatic heterocycles. The number of rotatable bonds is 11. The predicted octanol–water partition coefficient (Wildman–Crippen LogP) is 8.77. The average molecular weight is 538 g/mol. The van der Waals surface area contributed by atoms with E-state index in [0.29, 0.717) is 38.2 Å². The van der Waals surface area contributed by atoms with E-state index in [9.17, 15) is 13.2 Å². The van der Waals surface area contributed by atoms with Gasteiger partial charge in [0.25, 0.3) is 0 Å². The molecule has 6 heteroatoms. The molecule has 0 atom stereocenters. The summed E-state index contributed by atoms with van der Waals surface area (Å²) in [5.41, 5.74) is 3.02. The van der Waals surface area contributed by atoms with Gasteiger partial charge in [-0.25, -0.2) is 0 Å². The highest BCUT2D eigenvalue weighted by Crippen LogP contribution is 2.37. The Bertz CT molecular complexity index is 1260. The van der Waals surface area contributed by atoms with Crippen LogP contribution in [-0.2, 0) is 12.7 Å². The molecule has 0 spiro atoms. The van der Waals surface area contributed by atoms with Gasteiger partial charge in [-0.1, -0.05) is 103 Å². The van der Waals surface area contributed by atoms with E-state index in [1.54, 1.807) is 6.07 Å². The number of hydrogen-bond acceptors (Lipinski definition) is 2. The minimum Gasteiger partial charge on any atom is -0.493 e. The smallest absolute Gasteiger partial charge is 0.417 e. The number of ether oxygens (including phenoxy) is 1. The van der Waals surface area contributed by atoms with Crippen LogP contribution in [0.15, 0.2) is 103 Å². The SMILES string of the molecule is Cc1ccccc1OCCCN(Cc1cccc(C(F)(F)F)c1Cl)CC(c1ccccc1)c1ccccc1. The highest BCUT2D eigenvalue weighted by Gasteiger charge is 2.34. The van der Waals surface area contributed by atoms with Crippen molar-refractivity contribution in [3.63, 3.8) is 0 Å². The first-order chi connectivity index (χ1) is 18.3. The van der Waals surface area contributed by atoms with Crippen molar-refractivity contribution in [2.75, 3.05) is 19.7 Å². The van der Waals surface area contributed by atoms with E-state index < -0.39 is 11.7 Å². The van der Waals surface area contributed by atoms with Gasteiger partial charge >= 0.3 is 6.18 Å². The molecule has 0 aliphatic rings.